The molecule has 0 rings (SSSR count). The topological polar surface area (TPSA) is 108 Å². The van der Waals surface area contributed by atoms with E-state index in [9.17, 15) is 19.0 Å². The van der Waals surface area contributed by atoms with Crippen molar-refractivity contribution < 1.29 is 42.1 Å². The highest BCUT2D eigenvalue weighted by Gasteiger charge is 2.27. The van der Waals surface area contributed by atoms with Gasteiger partial charge in [0, 0.05) is 12.8 Å². The SMILES string of the molecule is CCCCCCCCCCCCCCCCC(=O)OC(COC(=O)CCCCCC)COP(=O)(O)OCC[N+](C)(C)C. The Balaban J connectivity index is 4.34. The molecule has 0 aliphatic rings. The van der Waals surface area contributed by atoms with Crippen molar-refractivity contribution in [1.29, 1.82) is 0 Å². The van der Waals surface area contributed by atoms with Crippen molar-refractivity contribution in [3.63, 3.8) is 0 Å². The van der Waals surface area contributed by atoms with Crippen LogP contribution in [0.4, 0.5) is 0 Å². The van der Waals surface area contributed by atoms with Crippen LogP contribution in [0.5, 0.6) is 0 Å². The largest absolute Gasteiger partial charge is 0.472 e. The third-order valence-corrected chi connectivity index (χ3v) is 8.12. The van der Waals surface area contributed by atoms with Crippen LogP contribution in [-0.4, -0.2) is 74.9 Å². The first kappa shape index (κ1) is 41.0. The number of rotatable bonds is 30. The molecule has 10 heteroatoms. The summed E-state index contributed by atoms with van der Waals surface area (Å²) in [5, 5.41) is 0. The average molecular weight is 623 g/mol. The number of ether oxygens (including phenoxy) is 2. The molecule has 0 fully saturated rings. The molecule has 0 saturated heterocycles. The minimum atomic E-state index is -4.34. The van der Waals surface area contributed by atoms with Gasteiger partial charge < -0.3 is 18.9 Å². The molecule has 0 aliphatic carbocycles. The molecular weight excluding hydrogens is 557 g/mol. The van der Waals surface area contributed by atoms with E-state index in [0.29, 0.717) is 17.4 Å². The van der Waals surface area contributed by atoms with Crippen LogP contribution in [-0.2, 0) is 32.7 Å². The molecule has 9 nitrogen and oxygen atoms in total. The van der Waals surface area contributed by atoms with E-state index in [1.54, 1.807) is 0 Å². The molecule has 0 saturated carbocycles. The number of likely N-dealkylation sites (N-methyl/N-ethyl adjacent to an activating group) is 1. The van der Waals surface area contributed by atoms with Crippen LogP contribution in [0.1, 0.15) is 142 Å². The molecule has 0 radical (unpaired) electrons. The fourth-order valence-electron chi connectivity index (χ4n) is 4.42. The zero-order valence-corrected chi connectivity index (χ0v) is 28.6. The van der Waals surface area contributed by atoms with E-state index >= 15 is 0 Å². The van der Waals surface area contributed by atoms with Crippen LogP contribution < -0.4 is 0 Å². The smallest absolute Gasteiger partial charge is 0.462 e. The molecule has 0 aromatic rings. The Morgan fingerprint density at radius 3 is 1.55 bits per heavy atom. The van der Waals surface area contributed by atoms with Crippen molar-refractivity contribution in [2.75, 3.05) is 47.5 Å². The Bertz CT molecular complexity index is 713. The summed E-state index contributed by atoms with van der Waals surface area (Å²) in [7, 11) is 1.48. The lowest BCUT2D eigenvalue weighted by Gasteiger charge is -2.24. The number of hydrogen-bond acceptors (Lipinski definition) is 7. The van der Waals surface area contributed by atoms with Crippen LogP contribution in [0.2, 0.25) is 0 Å². The van der Waals surface area contributed by atoms with Gasteiger partial charge in [-0.2, -0.15) is 0 Å². The summed E-state index contributed by atoms with van der Waals surface area (Å²) in [6.07, 6.45) is 20.6. The molecule has 0 aliphatic heterocycles. The summed E-state index contributed by atoms with van der Waals surface area (Å²) in [6, 6.07) is 0. The van der Waals surface area contributed by atoms with Gasteiger partial charge in [0.1, 0.15) is 19.8 Å². The Morgan fingerprint density at radius 1 is 0.643 bits per heavy atom. The van der Waals surface area contributed by atoms with Gasteiger partial charge in [-0.1, -0.05) is 117 Å². The van der Waals surface area contributed by atoms with E-state index in [4.69, 9.17) is 18.5 Å². The minimum absolute atomic E-state index is 0.0353. The van der Waals surface area contributed by atoms with Gasteiger partial charge in [-0.25, -0.2) is 4.57 Å². The number of esters is 2. The lowest BCUT2D eigenvalue weighted by Crippen LogP contribution is -2.37. The average Bonchev–Trinajstić information content (AvgIpc) is 2.92. The second kappa shape index (κ2) is 26.4. The Hall–Kier alpha value is -0.990. The van der Waals surface area contributed by atoms with Crippen molar-refractivity contribution in [3.8, 4) is 0 Å². The summed E-state index contributed by atoms with van der Waals surface area (Å²) in [5.74, 6) is -0.814. The summed E-state index contributed by atoms with van der Waals surface area (Å²) in [4.78, 5) is 34.6. The molecule has 250 valence electrons. The number of phosphoric ester groups is 1. The highest BCUT2D eigenvalue weighted by molar-refractivity contribution is 7.47. The zero-order chi connectivity index (χ0) is 31.5. The zero-order valence-electron chi connectivity index (χ0n) is 27.7. The second-order valence-corrected chi connectivity index (χ2v) is 14.0. The Labute approximate surface area is 257 Å². The summed E-state index contributed by atoms with van der Waals surface area (Å²) < 4.78 is 33.8. The third-order valence-electron chi connectivity index (χ3n) is 7.14. The fraction of sp³-hybridized carbons (Fsp3) is 0.938. The maximum atomic E-state index is 12.5. The van der Waals surface area contributed by atoms with E-state index in [0.717, 1.165) is 38.5 Å². The number of hydrogen-bond donors (Lipinski definition) is 1. The summed E-state index contributed by atoms with van der Waals surface area (Å²) >= 11 is 0. The fourth-order valence-corrected chi connectivity index (χ4v) is 5.17. The van der Waals surface area contributed by atoms with Gasteiger partial charge in [-0.05, 0) is 12.8 Å². The molecule has 0 bridgehead atoms. The highest BCUT2D eigenvalue weighted by atomic mass is 31.2. The quantitative estimate of drug-likeness (QED) is 0.0370. The Kier molecular flexibility index (Phi) is 25.8. The van der Waals surface area contributed by atoms with Gasteiger partial charge >= 0.3 is 19.8 Å². The van der Waals surface area contributed by atoms with Crippen molar-refractivity contribution in [2.24, 2.45) is 0 Å². The maximum Gasteiger partial charge on any atom is 0.472 e. The third kappa shape index (κ3) is 29.1. The predicted molar refractivity (Wildman–Crippen MR) is 169 cm³/mol. The summed E-state index contributed by atoms with van der Waals surface area (Å²) in [5.41, 5.74) is 0. The molecule has 0 heterocycles. The van der Waals surface area contributed by atoms with Crippen LogP contribution in [0.15, 0.2) is 0 Å². The number of carbonyl (C=O) groups excluding carboxylic acids is 2. The Morgan fingerprint density at radius 2 is 1.07 bits per heavy atom. The van der Waals surface area contributed by atoms with E-state index in [-0.39, 0.29) is 32.0 Å². The lowest BCUT2D eigenvalue weighted by atomic mass is 10.0. The van der Waals surface area contributed by atoms with Gasteiger partial charge in [0.25, 0.3) is 0 Å². The number of unbranched alkanes of at least 4 members (excludes halogenated alkanes) is 16. The molecule has 1 N–H and O–H groups in total. The molecule has 0 aromatic heterocycles. The van der Waals surface area contributed by atoms with Crippen molar-refractivity contribution in [1.82, 2.24) is 0 Å². The molecule has 0 aromatic carbocycles. The van der Waals surface area contributed by atoms with Gasteiger partial charge in [0.15, 0.2) is 6.10 Å². The van der Waals surface area contributed by atoms with E-state index in [2.05, 4.69) is 13.8 Å². The van der Waals surface area contributed by atoms with Gasteiger partial charge in [-0.3, -0.25) is 18.6 Å². The van der Waals surface area contributed by atoms with Crippen LogP contribution >= 0.6 is 7.82 Å². The van der Waals surface area contributed by atoms with E-state index in [1.807, 2.05) is 21.1 Å². The van der Waals surface area contributed by atoms with E-state index in [1.165, 1.54) is 70.6 Å². The number of nitrogens with zero attached hydrogens (tertiary/aromatic N) is 1. The number of carbonyl (C=O) groups is 2. The lowest BCUT2D eigenvalue weighted by molar-refractivity contribution is -0.870. The number of phosphoric acid groups is 1. The molecule has 0 amide bonds. The standard InChI is InChI=1S/C32H64NO8P/c1-6-8-10-12-13-14-15-16-17-18-19-20-21-23-25-32(35)41-30(28-38-31(34)24-22-11-9-7-2)29-40-42(36,37)39-27-26-33(3,4)5/h30H,6-29H2,1-5H3/p+1. The van der Waals surface area contributed by atoms with Crippen molar-refractivity contribution in [2.45, 2.75) is 148 Å². The van der Waals surface area contributed by atoms with Gasteiger partial charge in [-0.15, -0.1) is 0 Å². The minimum Gasteiger partial charge on any atom is -0.462 e. The molecule has 2 atom stereocenters. The molecule has 42 heavy (non-hydrogen) atoms. The van der Waals surface area contributed by atoms with Crippen molar-refractivity contribution in [3.05, 3.63) is 0 Å². The van der Waals surface area contributed by atoms with Crippen LogP contribution in [0.3, 0.4) is 0 Å². The molecule has 0 spiro atoms. The molecular formula is C32H65NO8P+. The van der Waals surface area contributed by atoms with Crippen LogP contribution in [0.25, 0.3) is 0 Å². The molecule has 2 unspecified atom stereocenters. The normalized spacial score (nSPS) is 14.0. The van der Waals surface area contributed by atoms with Crippen molar-refractivity contribution >= 4 is 19.8 Å². The second-order valence-electron chi connectivity index (χ2n) is 12.6. The highest BCUT2D eigenvalue weighted by Crippen LogP contribution is 2.43. The maximum absolute atomic E-state index is 12.5. The van der Waals surface area contributed by atoms with Crippen LogP contribution in [0, 0.1) is 0 Å². The number of quaternary nitrogens is 1. The monoisotopic (exact) mass is 622 g/mol. The van der Waals surface area contributed by atoms with E-state index < -0.39 is 26.5 Å². The van der Waals surface area contributed by atoms with Gasteiger partial charge in [0.2, 0.25) is 0 Å². The first-order valence-corrected chi connectivity index (χ1v) is 18.3. The first-order valence-electron chi connectivity index (χ1n) is 16.8. The first-order chi connectivity index (χ1) is 20.0. The summed E-state index contributed by atoms with van der Waals surface area (Å²) in [6.45, 7) is 4.28. The van der Waals surface area contributed by atoms with Gasteiger partial charge in [0.05, 0.1) is 27.7 Å². The predicted octanol–water partition coefficient (Wildman–Crippen LogP) is 8.12.